The third-order valence-corrected chi connectivity index (χ3v) is 2.43. The molecule has 0 aliphatic rings. The Balaban J connectivity index is 0.00000144. The van der Waals surface area contributed by atoms with E-state index in [0.29, 0.717) is 6.04 Å². The van der Waals surface area contributed by atoms with E-state index in [-0.39, 0.29) is 12.4 Å². The Morgan fingerprint density at radius 3 is 2.82 bits per heavy atom. The fraction of sp³-hybridized carbons (Fsp3) is 0.417. The number of aromatic nitrogens is 2. The minimum atomic E-state index is 0. The summed E-state index contributed by atoms with van der Waals surface area (Å²) in [4.78, 5) is 0. The van der Waals surface area contributed by atoms with Gasteiger partial charge in [-0.2, -0.15) is 5.10 Å². The van der Waals surface area contributed by atoms with Crippen molar-refractivity contribution in [3.05, 3.63) is 42.1 Å². The molecule has 2 aromatic rings. The zero-order chi connectivity index (χ0) is 11.4. The lowest BCUT2D eigenvalue weighted by molar-refractivity contribution is 0.464. The lowest BCUT2D eigenvalue weighted by Gasteiger charge is -2.11. The van der Waals surface area contributed by atoms with Crippen molar-refractivity contribution < 1.29 is 4.42 Å². The minimum Gasteiger partial charge on any atom is -0.468 e. The van der Waals surface area contributed by atoms with E-state index in [0.717, 1.165) is 18.8 Å². The summed E-state index contributed by atoms with van der Waals surface area (Å²) < 4.78 is 7.27. The van der Waals surface area contributed by atoms with E-state index in [4.69, 9.17) is 4.42 Å². The SMILES string of the molecule is CC(C)n1nccc1CNCc1ccco1.Cl. The normalized spacial score (nSPS) is 10.5. The van der Waals surface area contributed by atoms with Gasteiger partial charge in [0, 0.05) is 18.8 Å². The Kier molecular flexibility index (Phi) is 5.25. The average molecular weight is 256 g/mol. The zero-order valence-electron chi connectivity index (χ0n) is 10.1. The van der Waals surface area contributed by atoms with Gasteiger partial charge in [-0.25, -0.2) is 0 Å². The lowest BCUT2D eigenvalue weighted by atomic mass is 10.3. The molecular weight excluding hydrogens is 238 g/mol. The molecule has 1 N–H and O–H groups in total. The summed E-state index contributed by atoms with van der Waals surface area (Å²) in [6, 6.07) is 6.30. The number of halogens is 1. The predicted octanol–water partition coefficient (Wildman–Crippen LogP) is 2.77. The molecule has 94 valence electrons. The van der Waals surface area contributed by atoms with E-state index < -0.39 is 0 Å². The van der Waals surface area contributed by atoms with Crippen LogP contribution in [0.25, 0.3) is 0 Å². The standard InChI is InChI=1S/C12H17N3O.ClH/c1-10(2)15-11(5-6-14-15)8-13-9-12-4-3-7-16-12;/h3-7,10,13H,8-9H2,1-2H3;1H. The van der Waals surface area contributed by atoms with E-state index in [1.54, 1.807) is 6.26 Å². The van der Waals surface area contributed by atoms with Crippen molar-refractivity contribution in [3.8, 4) is 0 Å². The van der Waals surface area contributed by atoms with Gasteiger partial charge >= 0.3 is 0 Å². The first-order valence-corrected chi connectivity index (χ1v) is 5.53. The maximum absolute atomic E-state index is 5.25. The first-order valence-electron chi connectivity index (χ1n) is 5.53. The molecule has 2 rings (SSSR count). The molecule has 0 amide bonds. The molecule has 0 aromatic carbocycles. The van der Waals surface area contributed by atoms with Crippen LogP contribution in [0.4, 0.5) is 0 Å². The third-order valence-electron chi connectivity index (χ3n) is 2.43. The van der Waals surface area contributed by atoms with E-state index in [1.807, 2.05) is 29.1 Å². The molecule has 0 atom stereocenters. The summed E-state index contributed by atoms with van der Waals surface area (Å²) in [5, 5.41) is 7.62. The quantitative estimate of drug-likeness (QED) is 0.893. The highest BCUT2D eigenvalue weighted by molar-refractivity contribution is 5.85. The van der Waals surface area contributed by atoms with Crippen molar-refractivity contribution in [1.82, 2.24) is 15.1 Å². The summed E-state index contributed by atoms with van der Waals surface area (Å²) in [6.45, 7) is 5.81. The van der Waals surface area contributed by atoms with Crippen LogP contribution in [-0.4, -0.2) is 9.78 Å². The molecule has 5 heteroatoms. The number of nitrogens with zero attached hydrogens (tertiary/aromatic N) is 2. The van der Waals surface area contributed by atoms with Crippen LogP contribution in [0, 0.1) is 0 Å². The Bertz CT molecular complexity index is 423. The fourth-order valence-corrected chi connectivity index (χ4v) is 1.67. The van der Waals surface area contributed by atoms with Crippen LogP contribution < -0.4 is 5.32 Å². The Morgan fingerprint density at radius 2 is 2.18 bits per heavy atom. The molecule has 2 heterocycles. The Labute approximate surface area is 107 Å². The van der Waals surface area contributed by atoms with Crippen molar-refractivity contribution >= 4 is 12.4 Å². The second kappa shape index (κ2) is 6.47. The second-order valence-electron chi connectivity index (χ2n) is 4.04. The van der Waals surface area contributed by atoms with Crippen molar-refractivity contribution in [2.75, 3.05) is 0 Å². The van der Waals surface area contributed by atoms with Crippen molar-refractivity contribution in [2.24, 2.45) is 0 Å². The molecule has 17 heavy (non-hydrogen) atoms. The van der Waals surface area contributed by atoms with Crippen LogP contribution in [0.1, 0.15) is 31.3 Å². The molecule has 0 saturated carbocycles. The summed E-state index contributed by atoms with van der Waals surface area (Å²) in [5.41, 5.74) is 1.20. The number of hydrogen-bond acceptors (Lipinski definition) is 3. The molecule has 0 spiro atoms. The number of nitrogens with one attached hydrogen (secondary N) is 1. The van der Waals surface area contributed by atoms with Crippen LogP contribution in [0.2, 0.25) is 0 Å². The smallest absolute Gasteiger partial charge is 0.117 e. The topological polar surface area (TPSA) is 43.0 Å². The first-order chi connectivity index (χ1) is 7.77. The van der Waals surface area contributed by atoms with E-state index >= 15 is 0 Å². The van der Waals surface area contributed by atoms with Gasteiger partial charge in [-0.3, -0.25) is 4.68 Å². The summed E-state index contributed by atoms with van der Waals surface area (Å²) in [6.07, 6.45) is 3.53. The molecule has 0 bridgehead atoms. The molecule has 0 saturated heterocycles. The first kappa shape index (κ1) is 13.8. The van der Waals surface area contributed by atoms with Crippen molar-refractivity contribution in [1.29, 1.82) is 0 Å². The van der Waals surface area contributed by atoms with Crippen LogP contribution in [0.5, 0.6) is 0 Å². The van der Waals surface area contributed by atoms with Crippen LogP contribution >= 0.6 is 12.4 Å². The fourth-order valence-electron chi connectivity index (χ4n) is 1.67. The van der Waals surface area contributed by atoms with Crippen LogP contribution in [0.3, 0.4) is 0 Å². The second-order valence-corrected chi connectivity index (χ2v) is 4.04. The highest BCUT2D eigenvalue weighted by Crippen LogP contribution is 2.08. The maximum Gasteiger partial charge on any atom is 0.117 e. The maximum atomic E-state index is 5.25. The third kappa shape index (κ3) is 3.61. The monoisotopic (exact) mass is 255 g/mol. The van der Waals surface area contributed by atoms with E-state index in [1.165, 1.54) is 5.69 Å². The van der Waals surface area contributed by atoms with Gasteiger partial charge in [0.15, 0.2) is 0 Å². The van der Waals surface area contributed by atoms with Gasteiger partial charge in [-0.05, 0) is 32.0 Å². The van der Waals surface area contributed by atoms with Gasteiger partial charge in [0.1, 0.15) is 5.76 Å². The molecule has 0 radical (unpaired) electrons. The van der Waals surface area contributed by atoms with Crippen LogP contribution in [0.15, 0.2) is 35.1 Å². The Morgan fingerprint density at radius 1 is 1.35 bits per heavy atom. The van der Waals surface area contributed by atoms with E-state index in [2.05, 4.69) is 24.3 Å². The number of furan rings is 1. The number of rotatable bonds is 5. The van der Waals surface area contributed by atoms with Gasteiger partial charge < -0.3 is 9.73 Å². The van der Waals surface area contributed by atoms with Crippen LogP contribution in [-0.2, 0) is 13.1 Å². The zero-order valence-corrected chi connectivity index (χ0v) is 10.9. The molecule has 0 fully saturated rings. The minimum absolute atomic E-state index is 0. The van der Waals surface area contributed by atoms with Crippen molar-refractivity contribution in [3.63, 3.8) is 0 Å². The highest BCUT2D eigenvalue weighted by Gasteiger charge is 2.05. The highest BCUT2D eigenvalue weighted by atomic mass is 35.5. The average Bonchev–Trinajstić information content (AvgIpc) is 2.87. The molecule has 4 nitrogen and oxygen atoms in total. The Hall–Kier alpha value is -1.26. The van der Waals surface area contributed by atoms with E-state index in [9.17, 15) is 0 Å². The van der Waals surface area contributed by atoms with Crippen molar-refractivity contribution in [2.45, 2.75) is 33.0 Å². The van der Waals surface area contributed by atoms with Gasteiger partial charge in [0.2, 0.25) is 0 Å². The molecular formula is C12H18ClN3O. The summed E-state index contributed by atoms with van der Waals surface area (Å²) in [7, 11) is 0. The molecule has 2 aromatic heterocycles. The molecule has 0 aliphatic heterocycles. The lowest BCUT2D eigenvalue weighted by Crippen LogP contribution is -2.17. The van der Waals surface area contributed by atoms with Gasteiger partial charge in [0.05, 0.1) is 18.5 Å². The van der Waals surface area contributed by atoms with Gasteiger partial charge in [0.25, 0.3) is 0 Å². The predicted molar refractivity (Wildman–Crippen MR) is 69.1 cm³/mol. The van der Waals surface area contributed by atoms with Gasteiger partial charge in [-0.15, -0.1) is 12.4 Å². The molecule has 0 unspecified atom stereocenters. The molecule has 0 aliphatic carbocycles. The number of hydrogen-bond donors (Lipinski definition) is 1. The largest absolute Gasteiger partial charge is 0.468 e. The van der Waals surface area contributed by atoms with Gasteiger partial charge in [-0.1, -0.05) is 0 Å². The summed E-state index contributed by atoms with van der Waals surface area (Å²) >= 11 is 0. The summed E-state index contributed by atoms with van der Waals surface area (Å²) in [5.74, 6) is 0.954.